The molecule has 0 bridgehead atoms. The lowest BCUT2D eigenvalue weighted by Gasteiger charge is -2.13. The van der Waals surface area contributed by atoms with E-state index in [4.69, 9.17) is 4.74 Å². The number of tetrazole rings is 1. The summed E-state index contributed by atoms with van der Waals surface area (Å²) in [6, 6.07) is 14.2. The zero-order valence-corrected chi connectivity index (χ0v) is 14.4. The molecule has 2 heterocycles. The highest BCUT2D eigenvalue weighted by atomic mass is 16.5. The maximum absolute atomic E-state index is 12.8. The van der Waals surface area contributed by atoms with Gasteiger partial charge in [0, 0.05) is 22.7 Å². The Morgan fingerprint density at radius 3 is 2.67 bits per heavy atom. The zero-order chi connectivity index (χ0) is 18.8. The van der Waals surface area contributed by atoms with Gasteiger partial charge in [0.1, 0.15) is 6.33 Å². The van der Waals surface area contributed by atoms with Gasteiger partial charge in [0.05, 0.1) is 11.3 Å². The fourth-order valence-electron chi connectivity index (χ4n) is 2.89. The zero-order valence-electron chi connectivity index (χ0n) is 14.4. The molecule has 2 aromatic heterocycles. The van der Waals surface area contributed by atoms with Gasteiger partial charge in [0.15, 0.2) is 6.10 Å². The van der Waals surface area contributed by atoms with Crippen LogP contribution in [0.25, 0.3) is 16.6 Å². The van der Waals surface area contributed by atoms with Crippen LogP contribution >= 0.6 is 0 Å². The largest absolute Gasteiger partial charge is 0.451 e. The lowest BCUT2D eigenvalue weighted by atomic mass is 10.1. The van der Waals surface area contributed by atoms with Gasteiger partial charge in [-0.3, -0.25) is 4.79 Å². The van der Waals surface area contributed by atoms with Crippen molar-refractivity contribution >= 4 is 22.7 Å². The third kappa shape index (κ3) is 3.08. The minimum atomic E-state index is -0.946. The molecule has 0 radical (unpaired) electrons. The van der Waals surface area contributed by atoms with Crippen molar-refractivity contribution in [2.75, 3.05) is 0 Å². The number of carbonyl (C=O) groups is 2. The second-order valence-corrected chi connectivity index (χ2v) is 5.93. The van der Waals surface area contributed by atoms with E-state index in [0.717, 1.165) is 10.9 Å². The summed E-state index contributed by atoms with van der Waals surface area (Å²) in [6.07, 6.45) is 2.07. The van der Waals surface area contributed by atoms with E-state index in [1.165, 1.54) is 11.0 Å². The Morgan fingerprint density at radius 1 is 1.07 bits per heavy atom. The normalized spacial score (nSPS) is 12.0. The van der Waals surface area contributed by atoms with Crippen molar-refractivity contribution in [3.63, 3.8) is 0 Å². The lowest BCUT2D eigenvalue weighted by molar-refractivity contribution is 0.0319. The van der Waals surface area contributed by atoms with Crippen LogP contribution in [0.2, 0.25) is 0 Å². The van der Waals surface area contributed by atoms with Gasteiger partial charge in [-0.05, 0) is 35.5 Å². The number of Topliss-reactive ketones (excluding diaryl/α,β-unsaturated/α-hetero) is 1. The minimum absolute atomic E-state index is 0.267. The number of carbonyl (C=O) groups excluding carboxylic acids is 2. The lowest BCUT2D eigenvalue weighted by Crippen LogP contribution is -2.25. The van der Waals surface area contributed by atoms with Gasteiger partial charge in [0.2, 0.25) is 5.78 Å². The molecule has 27 heavy (non-hydrogen) atoms. The molecule has 0 aliphatic rings. The van der Waals surface area contributed by atoms with E-state index in [2.05, 4.69) is 20.5 Å². The van der Waals surface area contributed by atoms with Gasteiger partial charge in [-0.25, -0.2) is 4.79 Å². The van der Waals surface area contributed by atoms with E-state index in [1.807, 2.05) is 24.3 Å². The predicted octanol–water partition coefficient (Wildman–Crippen LogP) is 2.57. The fourth-order valence-corrected chi connectivity index (χ4v) is 2.89. The summed E-state index contributed by atoms with van der Waals surface area (Å²) in [5.41, 5.74) is 2.07. The number of H-pyrrole nitrogens is 1. The van der Waals surface area contributed by atoms with Crippen LogP contribution in [0.1, 0.15) is 27.6 Å². The number of ether oxygens (including phenoxy) is 1. The van der Waals surface area contributed by atoms with Gasteiger partial charge in [-0.1, -0.05) is 30.3 Å². The summed E-state index contributed by atoms with van der Waals surface area (Å²) < 4.78 is 6.79. The van der Waals surface area contributed by atoms with Gasteiger partial charge in [-0.15, -0.1) is 5.10 Å². The predicted molar refractivity (Wildman–Crippen MR) is 96.7 cm³/mol. The molecule has 0 unspecified atom stereocenters. The second-order valence-electron chi connectivity index (χ2n) is 5.93. The van der Waals surface area contributed by atoms with Crippen LogP contribution in [0.4, 0.5) is 0 Å². The average Bonchev–Trinajstić information content (AvgIpc) is 3.37. The van der Waals surface area contributed by atoms with E-state index < -0.39 is 12.1 Å². The van der Waals surface area contributed by atoms with Gasteiger partial charge in [-0.2, -0.15) is 4.68 Å². The Labute approximate surface area is 153 Å². The van der Waals surface area contributed by atoms with Crippen LogP contribution in [-0.2, 0) is 4.74 Å². The van der Waals surface area contributed by atoms with Gasteiger partial charge >= 0.3 is 5.97 Å². The first-order chi connectivity index (χ1) is 13.1. The number of esters is 1. The molecular formula is C19H15N5O3. The summed E-state index contributed by atoms with van der Waals surface area (Å²) >= 11 is 0. The Morgan fingerprint density at radius 2 is 1.85 bits per heavy atom. The molecule has 1 N–H and O–H groups in total. The number of hydrogen-bond donors (Lipinski definition) is 1. The molecular weight excluding hydrogens is 346 g/mol. The maximum Gasteiger partial charge on any atom is 0.341 e. The van der Waals surface area contributed by atoms with Gasteiger partial charge < -0.3 is 9.72 Å². The van der Waals surface area contributed by atoms with Crippen LogP contribution < -0.4 is 0 Å². The van der Waals surface area contributed by atoms with Crippen molar-refractivity contribution < 1.29 is 14.3 Å². The number of ketones is 1. The highest BCUT2D eigenvalue weighted by molar-refractivity contribution is 6.10. The summed E-state index contributed by atoms with van der Waals surface area (Å²) in [7, 11) is 0. The number of hydrogen-bond acceptors (Lipinski definition) is 6. The van der Waals surface area contributed by atoms with Gasteiger partial charge in [0.25, 0.3) is 0 Å². The number of fused-ring (bicyclic) bond motifs is 1. The van der Waals surface area contributed by atoms with E-state index in [0.29, 0.717) is 11.3 Å². The molecule has 8 nitrogen and oxygen atoms in total. The molecule has 134 valence electrons. The Hall–Kier alpha value is -3.81. The molecule has 4 rings (SSSR count). The SMILES string of the molecule is C[C@H](OC(=O)c1ccccc1-n1cnnn1)C(=O)c1c[nH]c2ccccc12. The Kier molecular flexibility index (Phi) is 4.21. The first kappa shape index (κ1) is 16.6. The molecule has 0 aliphatic heterocycles. The van der Waals surface area contributed by atoms with Crippen LogP contribution in [0.15, 0.2) is 61.1 Å². The Balaban J connectivity index is 1.58. The number of aromatic nitrogens is 5. The molecule has 0 aliphatic carbocycles. The summed E-state index contributed by atoms with van der Waals surface area (Å²) in [4.78, 5) is 28.5. The summed E-state index contributed by atoms with van der Waals surface area (Å²) in [5.74, 6) is -0.900. The van der Waals surface area contributed by atoms with Crippen molar-refractivity contribution in [1.29, 1.82) is 0 Å². The topological polar surface area (TPSA) is 103 Å². The average molecular weight is 361 g/mol. The maximum atomic E-state index is 12.8. The molecule has 1 atom stereocenters. The number of aromatic amines is 1. The molecule has 2 aromatic carbocycles. The monoisotopic (exact) mass is 361 g/mol. The summed E-state index contributed by atoms with van der Waals surface area (Å²) in [6.45, 7) is 1.56. The number of nitrogens with zero attached hydrogens (tertiary/aromatic N) is 4. The van der Waals surface area contributed by atoms with E-state index in [-0.39, 0.29) is 11.3 Å². The third-order valence-electron chi connectivity index (χ3n) is 4.23. The van der Waals surface area contributed by atoms with E-state index in [9.17, 15) is 9.59 Å². The molecule has 0 fully saturated rings. The molecule has 0 saturated carbocycles. The first-order valence-electron chi connectivity index (χ1n) is 8.29. The molecule has 0 saturated heterocycles. The second kappa shape index (κ2) is 6.83. The van der Waals surface area contributed by atoms with Crippen molar-refractivity contribution in [3.8, 4) is 5.69 Å². The molecule has 4 aromatic rings. The third-order valence-corrected chi connectivity index (χ3v) is 4.23. The van der Waals surface area contributed by atoms with Crippen LogP contribution in [0.3, 0.4) is 0 Å². The van der Waals surface area contributed by atoms with Crippen molar-refractivity contribution in [2.24, 2.45) is 0 Å². The highest BCUT2D eigenvalue weighted by Gasteiger charge is 2.24. The fraction of sp³-hybridized carbons (Fsp3) is 0.105. The van der Waals surface area contributed by atoms with E-state index >= 15 is 0 Å². The molecule has 0 amide bonds. The number of para-hydroxylation sites is 2. The summed E-state index contributed by atoms with van der Waals surface area (Å²) in [5, 5.41) is 11.7. The van der Waals surface area contributed by atoms with Crippen molar-refractivity contribution in [2.45, 2.75) is 13.0 Å². The molecule has 8 heteroatoms. The quantitative estimate of drug-likeness (QED) is 0.433. The van der Waals surface area contributed by atoms with Crippen LogP contribution in [-0.4, -0.2) is 43.0 Å². The smallest absolute Gasteiger partial charge is 0.341 e. The number of nitrogens with one attached hydrogen (secondary N) is 1. The first-order valence-corrected chi connectivity index (χ1v) is 8.29. The van der Waals surface area contributed by atoms with Crippen molar-refractivity contribution in [1.82, 2.24) is 25.2 Å². The minimum Gasteiger partial charge on any atom is -0.451 e. The van der Waals surface area contributed by atoms with Crippen LogP contribution in [0, 0.1) is 0 Å². The number of rotatable bonds is 5. The number of benzene rings is 2. The molecule has 0 spiro atoms. The van der Waals surface area contributed by atoms with Crippen molar-refractivity contribution in [3.05, 3.63) is 72.2 Å². The standard InChI is InChI=1S/C19H15N5O3/c1-12(18(25)15-10-20-16-8-4-2-6-13(15)16)27-19(26)14-7-3-5-9-17(14)24-11-21-22-23-24/h2-12,20H,1H3/t12-/m0/s1. The highest BCUT2D eigenvalue weighted by Crippen LogP contribution is 2.21. The van der Waals surface area contributed by atoms with Crippen LogP contribution in [0.5, 0.6) is 0 Å². The Bertz CT molecular complexity index is 1120. The van der Waals surface area contributed by atoms with E-state index in [1.54, 1.807) is 37.4 Å².